The van der Waals surface area contributed by atoms with Crippen molar-refractivity contribution < 1.29 is 18.6 Å². The fraction of sp³-hybridized carbons (Fsp3) is 0.538. The minimum atomic E-state index is -0.294. The van der Waals surface area contributed by atoms with E-state index in [-0.39, 0.29) is 12.1 Å². The lowest BCUT2D eigenvalue weighted by atomic mass is 10.2. The van der Waals surface area contributed by atoms with Gasteiger partial charge in [-0.25, -0.2) is 4.39 Å². The second kappa shape index (κ2) is 5.98. The van der Waals surface area contributed by atoms with E-state index in [1.165, 1.54) is 0 Å². The summed E-state index contributed by atoms with van der Waals surface area (Å²) in [4.78, 5) is 0. The first-order valence-corrected chi connectivity index (χ1v) is 5.88. The molecule has 1 aliphatic rings. The van der Waals surface area contributed by atoms with E-state index in [0.29, 0.717) is 24.3 Å². The first-order valence-electron chi connectivity index (χ1n) is 5.88. The molecule has 1 aliphatic heterocycles. The summed E-state index contributed by atoms with van der Waals surface area (Å²) in [6, 6.07) is 5.13. The molecule has 0 N–H and O–H groups in total. The maximum Gasteiger partial charge on any atom is 0.167 e. The number of benzene rings is 1. The minimum absolute atomic E-state index is 0.211. The van der Waals surface area contributed by atoms with Gasteiger partial charge in [-0.1, -0.05) is 12.1 Å². The zero-order chi connectivity index (χ0) is 12.1. The minimum Gasteiger partial charge on any atom is -0.490 e. The van der Waals surface area contributed by atoms with Crippen LogP contribution in [0, 0.1) is 12.7 Å². The summed E-state index contributed by atoms with van der Waals surface area (Å²) < 4.78 is 29.7. The number of hydrogen-bond acceptors (Lipinski definition) is 3. The van der Waals surface area contributed by atoms with Crippen LogP contribution >= 0.6 is 0 Å². The van der Waals surface area contributed by atoms with Gasteiger partial charge in [0, 0.05) is 6.42 Å². The van der Waals surface area contributed by atoms with Gasteiger partial charge in [-0.05, 0) is 25.0 Å². The Morgan fingerprint density at radius 3 is 2.88 bits per heavy atom. The van der Waals surface area contributed by atoms with Gasteiger partial charge in [0.05, 0.1) is 19.8 Å². The van der Waals surface area contributed by atoms with Crippen LogP contribution in [0.4, 0.5) is 4.39 Å². The van der Waals surface area contributed by atoms with Crippen LogP contribution in [-0.2, 0) is 9.47 Å². The zero-order valence-corrected chi connectivity index (χ0v) is 9.95. The van der Waals surface area contributed by atoms with E-state index in [0.717, 1.165) is 19.6 Å². The highest BCUT2D eigenvalue weighted by Crippen LogP contribution is 2.20. The molecule has 0 unspecified atom stereocenters. The number of hydrogen-bond donors (Lipinski definition) is 0. The Morgan fingerprint density at radius 1 is 1.35 bits per heavy atom. The summed E-state index contributed by atoms with van der Waals surface area (Å²) in [5.41, 5.74) is 0.590. The Morgan fingerprint density at radius 2 is 2.12 bits per heavy atom. The average molecular weight is 240 g/mol. The van der Waals surface area contributed by atoms with Crippen LogP contribution in [0.25, 0.3) is 0 Å². The maximum atomic E-state index is 13.6. The molecule has 0 aliphatic carbocycles. The highest BCUT2D eigenvalue weighted by atomic mass is 19.1. The molecule has 17 heavy (non-hydrogen) atoms. The van der Waals surface area contributed by atoms with Crippen LogP contribution in [-0.4, -0.2) is 26.1 Å². The standard InChI is InChI=1S/C13H17FO3/c1-10-4-2-5-11(13(10)14)15-9-6-12-16-7-3-8-17-12/h2,4-5,12H,3,6-9H2,1H3. The van der Waals surface area contributed by atoms with Crippen molar-refractivity contribution in [3.05, 3.63) is 29.6 Å². The van der Waals surface area contributed by atoms with Gasteiger partial charge in [-0.3, -0.25) is 0 Å². The third kappa shape index (κ3) is 3.41. The van der Waals surface area contributed by atoms with Gasteiger partial charge < -0.3 is 14.2 Å². The van der Waals surface area contributed by atoms with Crippen molar-refractivity contribution in [2.45, 2.75) is 26.1 Å². The van der Waals surface area contributed by atoms with Gasteiger partial charge in [0.25, 0.3) is 0 Å². The van der Waals surface area contributed by atoms with Crippen molar-refractivity contribution in [2.75, 3.05) is 19.8 Å². The summed E-state index contributed by atoms with van der Waals surface area (Å²) >= 11 is 0. The summed E-state index contributed by atoms with van der Waals surface area (Å²) in [6.07, 6.45) is 1.34. The predicted octanol–water partition coefficient (Wildman–Crippen LogP) is 2.67. The average Bonchev–Trinajstić information content (AvgIpc) is 2.36. The number of halogens is 1. The number of ether oxygens (including phenoxy) is 3. The molecule has 1 aromatic carbocycles. The number of rotatable bonds is 4. The molecule has 1 aromatic rings. The van der Waals surface area contributed by atoms with Gasteiger partial charge in [-0.15, -0.1) is 0 Å². The molecule has 0 saturated carbocycles. The van der Waals surface area contributed by atoms with Crippen molar-refractivity contribution >= 4 is 0 Å². The first-order chi connectivity index (χ1) is 8.27. The molecule has 0 radical (unpaired) electrons. The van der Waals surface area contributed by atoms with E-state index in [1.54, 1.807) is 25.1 Å². The van der Waals surface area contributed by atoms with Crippen molar-refractivity contribution in [1.82, 2.24) is 0 Å². The Hall–Kier alpha value is -1.13. The summed E-state index contributed by atoms with van der Waals surface area (Å²) in [7, 11) is 0. The molecule has 0 spiro atoms. The quantitative estimate of drug-likeness (QED) is 0.809. The zero-order valence-electron chi connectivity index (χ0n) is 9.95. The monoisotopic (exact) mass is 240 g/mol. The molecule has 1 fully saturated rings. The van der Waals surface area contributed by atoms with Crippen molar-refractivity contribution in [1.29, 1.82) is 0 Å². The van der Waals surface area contributed by atoms with E-state index < -0.39 is 0 Å². The molecular formula is C13H17FO3. The lowest BCUT2D eigenvalue weighted by molar-refractivity contribution is -0.183. The van der Waals surface area contributed by atoms with E-state index in [9.17, 15) is 4.39 Å². The molecule has 1 saturated heterocycles. The SMILES string of the molecule is Cc1cccc(OCCC2OCCCO2)c1F. The highest BCUT2D eigenvalue weighted by molar-refractivity contribution is 5.29. The fourth-order valence-electron chi connectivity index (χ4n) is 1.70. The topological polar surface area (TPSA) is 27.7 Å². The van der Waals surface area contributed by atoms with Crippen molar-refractivity contribution in [3.63, 3.8) is 0 Å². The molecule has 0 atom stereocenters. The summed E-state index contributed by atoms with van der Waals surface area (Å²) in [5.74, 6) is -0.00112. The highest BCUT2D eigenvalue weighted by Gasteiger charge is 2.14. The van der Waals surface area contributed by atoms with Gasteiger partial charge in [0.15, 0.2) is 17.9 Å². The molecule has 0 bridgehead atoms. The third-order valence-corrected chi connectivity index (χ3v) is 2.66. The first kappa shape index (κ1) is 12.3. The van der Waals surface area contributed by atoms with Crippen molar-refractivity contribution in [3.8, 4) is 5.75 Å². The summed E-state index contributed by atoms with van der Waals surface area (Å²) in [6.45, 7) is 3.56. The molecule has 1 heterocycles. The smallest absolute Gasteiger partial charge is 0.167 e. The summed E-state index contributed by atoms with van der Waals surface area (Å²) in [5, 5.41) is 0. The van der Waals surface area contributed by atoms with E-state index >= 15 is 0 Å². The van der Waals surface area contributed by atoms with Crippen LogP contribution in [0.1, 0.15) is 18.4 Å². The molecule has 0 amide bonds. The normalized spacial score (nSPS) is 17.1. The Kier molecular flexibility index (Phi) is 4.34. The Balaban J connectivity index is 1.79. The molecule has 2 rings (SSSR count). The predicted molar refractivity (Wildman–Crippen MR) is 61.6 cm³/mol. The van der Waals surface area contributed by atoms with E-state index in [1.807, 2.05) is 0 Å². The Labute approximate surface area is 100 Å². The van der Waals surface area contributed by atoms with Gasteiger partial charge in [-0.2, -0.15) is 0 Å². The van der Waals surface area contributed by atoms with Crippen molar-refractivity contribution in [2.24, 2.45) is 0 Å². The van der Waals surface area contributed by atoms with Gasteiger partial charge in [0.2, 0.25) is 0 Å². The van der Waals surface area contributed by atoms with Crippen LogP contribution in [0.5, 0.6) is 5.75 Å². The van der Waals surface area contributed by atoms with Gasteiger partial charge >= 0.3 is 0 Å². The second-order valence-electron chi connectivity index (χ2n) is 4.05. The largest absolute Gasteiger partial charge is 0.490 e. The van der Waals surface area contributed by atoms with Crippen LogP contribution in [0.15, 0.2) is 18.2 Å². The Bertz CT molecular complexity index is 362. The third-order valence-electron chi connectivity index (χ3n) is 2.66. The molecular weight excluding hydrogens is 223 g/mol. The lowest BCUT2D eigenvalue weighted by Crippen LogP contribution is -2.26. The molecule has 3 nitrogen and oxygen atoms in total. The molecule has 4 heteroatoms. The van der Waals surface area contributed by atoms with Crippen LogP contribution in [0.2, 0.25) is 0 Å². The fourth-order valence-corrected chi connectivity index (χ4v) is 1.70. The molecule has 0 aromatic heterocycles. The maximum absolute atomic E-state index is 13.6. The number of aryl methyl sites for hydroxylation is 1. The molecule has 94 valence electrons. The van der Waals surface area contributed by atoms with Crippen LogP contribution in [0.3, 0.4) is 0 Å². The van der Waals surface area contributed by atoms with E-state index in [4.69, 9.17) is 14.2 Å². The van der Waals surface area contributed by atoms with Crippen LogP contribution < -0.4 is 4.74 Å². The second-order valence-corrected chi connectivity index (χ2v) is 4.05. The van der Waals surface area contributed by atoms with E-state index in [2.05, 4.69) is 0 Å². The van der Waals surface area contributed by atoms with Gasteiger partial charge in [0.1, 0.15) is 0 Å². The lowest BCUT2D eigenvalue weighted by Gasteiger charge is -2.23.